The third-order valence-corrected chi connectivity index (χ3v) is 7.88. The summed E-state index contributed by atoms with van der Waals surface area (Å²) in [4.78, 5) is 55.6. The van der Waals surface area contributed by atoms with Gasteiger partial charge in [-0.1, -0.05) is 30.3 Å². The molecule has 1 aromatic carbocycles. The van der Waals surface area contributed by atoms with Crippen LogP contribution in [0.1, 0.15) is 47.5 Å². The summed E-state index contributed by atoms with van der Waals surface area (Å²) in [5, 5.41) is 3.15. The van der Waals surface area contributed by atoms with Gasteiger partial charge in [0.25, 0.3) is 11.5 Å². The molecule has 0 radical (unpaired) electrons. The zero-order valence-electron chi connectivity index (χ0n) is 20.9. The lowest BCUT2D eigenvalue weighted by Gasteiger charge is -2.17. The van der Waals surface area contributed by atoms with Gasteiger partial charge in [-0.2, -0.15) is 0 Å². The molecule has 0 spiro atoms. The summed E-state index contributed by atoms with van der Waals surface area (Å²) in [5.74, 6) is -0.531. The van der Waals surface area contributed by atoms with Crippen molar-refractivity contribution in [1.29, 1.82) is 0 Å². The molecule has 0 aliphatic carbocycles. The van der Waals surface area contributed by atoms with Crippen LogP contribution in [0.3, 0.4) is 0 Å². The molecule has 2 amide bonds. The van der Waals surface area contributed by atoms with Gasteiger partial charge in [0.2, 0.25) is 5.91 Å². The molecule has 1 saturated heterocycles. The van der Waals surface area contributed by atoms with Crippen LogP contribution in [0.25, 0.3) is 10.2 Å². The largest absolute Gasteiger partial charge is 0.376 e. The van der Waals surface area contributed by atoms with Crippen LogP contribution >= 0.6 is 11.3 Å². The number of thiophene rings is 1. The number of hydrogen-bond donors (Lipinski definition) is 1. The van der Waals surface area contributed by atoms with Crippen molar-refractivity contribution in [3.63, 3.8) is 0 Å². The summed E-state index contributed by atoms with van der Waals surface area (Å²) in [5.41, 5.74) is 0.291. The molecule has 1 aliphatic heterocycles. The fourth-order valence-electron chi connectivity index (χ4n) is 4.53. The topological polar surface area (TPSA) is 103 Å². The number of amides is 2. The van der Waals surface area contributed by atoms with Crippen LogP contribution in [0.2, 0.25) is 0 Å². The zero-order valence-corrected chi connectivity index (χ0v) is 21.7. The Kier molecular flexibility index (Phi) is 8.05. The standard InChI is InChI=1S/C26H32N4O5S/c1-4-28(5-2)24(33)22-17(3)21-23(32)29(15-18-10-7-6-8-11-18)26(34)30(25(21)36-22)16-20(31)27-14-19-12-9-13-35-19/h6-8,10-11,19H,4-5,9,12-16H2,1-3H3,(H,27,31)/t19-/m1/s1. The maximum atomic E-state index is 13.6. The SMILES string of the molecule is CCN(CC)C(=O)c1sc2c(c1C)c(=O)n(Cc1ccccc1)c(=O)n2CC(=O)NC[C@H]1CCCO1. The highest BCUT2D eigenvalue weighted by molar-refractivity contribution is 7.20. The van der Waals surface area contributed by atoms with Crippen molar-refractivity contribution in [2.75, 3.05) is 26.2 Å². The highest BCUT2D eigenvalue weighted by Gasteiger charge is 2.26. The van der Waals surface area contributed by atoms with Gasteiger partial charge in [0.1, 0.15) is 11.4 Å². The van der Waals surface area contributed by atoms with Gasteiger partial charge in [-0.3, -0.25) is 23.5 Å². The number of carbonyl (C=O) groups excluding carboxylic acids is 2. The van der Waals surface area contributed by atoms with E-state index in [0.29, 0.717) is 46.9 Å². The number of benzene rings is 1. The number of hydrogen-bond acceptors (Lipinski definition) is 6. The number of ether oxygens (including phenoxy) is 1. The van der Waals surface area contributed by atoms with Crippen molar-refractivity contribution >= 4 is 33.4 Å². The van der Waals surface area contributed by atoms with Gasteiger partial charge in [-0.25, -0.2) is 4.79 Å². The Morgan fingerprint density at radius 3 is 2.50 bits per heavy atom. The van der Waals surface area contributed by atoms with E-state index in [2.05, 4.69) is 5.32 Å². The first kappa shape index (κ1) is 25.8. The number of carbonyl (C=O) groups is 2. The molecule has 3 heterocycles. The number of rotatable bonds is 9. The summed E-state index contributed by atoms with van der Waals surface area (Å²) < 4.78 is 8.04. The van der Waals surface area contributed by atoms with Crippen LogP contribution in [-0.4, -0.2) is 58.2 Å². The normalized spacial score (nSPS) is 15.4. The fraction of sp³-hybridized carbons (Fsp3) is 0.462. The van der Waals surface area contributed by atoms with Crippen LogP contribution in [0, 0.1) is 6.92 Å². The predicted octanol–water partition coefficient (Wildman–Crippen LogP) is 2.36. The van der Waals surface area contributed by atoms with Gasteiger partial charge in [-0.15, -0.1) is 11.3 Å². The van der Waals surface area contributed by atoms with Crippen molar-refractivity contribution in [2.24, 2.45) is 0 Å². The minimum atomic E-state index is -0.577. The number of aromatic nitrogens is 2. The van der Waals surface area contributed by atoms with E-state index >= 15 is 0 Å². The third-order valence-electron chi connectivity index (χ3n) is 6.58. The molecule has 10 heteroatoms. The smallest absolute Gasteiger partial charge is 0.332 e. The van der Waals surface area contributed by atoms with Gasteiger partial charge in [0.15, 0.2) is 0 Å². The number of nitrogens with zero attached hydrogens (tertiary/aromatic N) is 3. The van der Waals surface area contributed by atoms with Crippen molar-refractivity contribution in [3.8, 4) is 0 Å². The number of aryl methyl sites for hydroxylation is 1. The second kappa shape index (κ2) is 11.2. The van der Waals surface area contributed by atoms with Gasteiger partial charge in [-0.05, 0) is 44.7 Å². The molecule has 1 atom stereocenters. The molecule has 1 fully saturated rings. The Hall–Kier alpha value is -3.24. The third kappa shape index (κ3) is 5.15. The van der Waals surface area contributed by atoms with Crippen molar-refractivity contribution in [3.05, 3.63) is 67.2 Å². The molecule has 0 saturated carbocycles. The van der Waals surface area contributed by atoms with E-state index in [9.17, 15) is 19.2 Å². The Bertz CT molecular complexity index is 1360. The Balaban J connectivity index is 1.80. The molecule has 192 valence electrons. The molecule has 3 aromatic rings. The second-order valence-corrected chi connectivity index (χ2v) is 9.90. The summed E-state index contributed by atoms with van der Waals surface area (Å²) in [6.07, 6.45) is 1.82. The minimum absolute atomic E-state index is 0.0278. The van der Waals surface area contributed by atoms with E-state index in [4.69, 9.17) is 4.74 Å². The molecular formula is C26H32N4O5S. The lowest BCUT2D eigenvalue weighted by Crippen LogP contribution is -2.43. The Morgan fingerprint density at radius 2 is 1.86 bits per heavy atom. The lowest BCUT2D eigenvalue weighted by atomic mass is 10.2. The molecule has 9 nitrogen and oxygen atoms in total. The highest BCUT2D eigenvalue weighted by Crippen LogP contribution is 2.29. The van der Waals surface area contributed by atoms with Crippen molar-refractivity contribution in [2.45, 2.75) is 52.8 Å². The van der Waals surface area contributed by atoms with E-state index in [1.54, 1.807) is 11.8 Å². The fourth-order valence-corrected chi connectivity index (χ4v) is 5.79. The summed E-state index contributed by atoms with van der Waals surface area (Å²) in [6.45, 7) is 7.45. The van der Waals surface area contributed by atoms with Gasteiger partial charge < -0.3 is 15.0 Å². The van der Waals surface area contributed by atoms with Crippen LogP contribution < -0.4 is 16.6 Å². The Labute approximate surface area is 213 Å². The number of fused-ring (bicyclic) bond motifs is 1. The van der Waals surface area contributed by atoms with E-state index in [0.717, 1.165) is 34.3 Å². The maximum absolute atomic E-state index is 13.6. The quantitative estimate of drug-likeness (QED) is 0.474. The average molecular weight is 513 g/mol. The molecule has 2 aromatic heterocycles. The van der Waals surface area contributed by atoms with E-state index in [-0.39, 0.29) is 31.0 Å². The molecular weight excluding hydrogens is 480 g/mol. The minimum Gasteiger partial charge on any atom is -0.376 e. The summed E-state index contributed by atoms with van der Waals surface area (Å²) >= 11 is 1.10. The van der Waals surface area contributed by atoms with E-state index in [1.807, 2.05) is 44.2 Å². The van der Waals surface area contributed by atoms with Gasteiger partial charge in [0, 0.05) is 26.2 Å². The second-order valence-electron chi connectivity index (χ2n) is 8.90. The van der Waals surface area contributed by atoms with Crippen LogP contribution in [0.4, 0.5) is 0 Å². The summed E-state index contributed by atoms with van der Waals surface area (Å²) in [7, 11) is 0. The van der Waals surface area contributed by atoms with Crippen molar-refractivity contribution in [1.82, 2.24) is 19.4 Å². The molecule has 4 rings (SSSR count). The maximum Gasteiger partial charge on any atom is 0.332 e. The molecule has 1 aliphatic rings. The summed E-state index contributed by atoms with van der Waals surface area (Å²) in [6, 6.07) is 9.22. The Morgan fingerprint density at radius 1 is 1.14 bits per heavy atom. The monoisotopic (exact) mass is 512 g/mol. The highest BCUT2D eigenvalue weighted by atomic mass is 32.1. The molecule has 36 heavy (non-hydrogen) atoms. The lowest BCUT2D eigenvalue weighted by molar-refractivity contribution is -0.122. The molecule has 1 N–H and O–H groups in total. The first-order valence-corrected chi connectivity index (χ1v) is 13.2. The molecule has 0 unspecified atom stereocenters. The van der Waals surface area contributed by atoms with Crippen LogP contribution in [0.15, 0.2) is 39.9 Å². The molecule has 0 bridgehead atoms. The number of nitrogens with one attached hydrogen (secondary N) is 1. The van der Waals surface area contributed by atoms with Gasteiger partial charge >= 0.3 is 5.69 Å². The predicted molar refractivity (Wildman–Crippen MR) is 140 cm³/mol. The van der Waals surface area contributed by atoms with Crippen molar-refractivity contribution < 1.29 is 14.3 Å². The first-order valence-electron chi connectivity index (χ1n) is 12.3. The van der Waals surface area contributed by atoms with Gasteiger partial charge in [0.05, 0.1) is 22.9 Å². The average Bonchev–Trinajstić information content (AvgIpc) is 3.52. The first-order chi connectivity index (χ1) is 17.3. The van der Waals surface area contributed by atoms with Crippen LogP contribution in [0.5, 0.6) is 0 Å². The van der Waals surface area contributed by atoms with E-state index < -0.39 is 11.2 Å². The zero-order chi connectivity index (χ0) is 25.8. The van der Waals surface area contributed by atoms with E-state index in [1.165, 1.54) is 4.57 Å². The van der Waals surface area contributed by atoms with Crippen LogP contribution in [-0.2, 0) is 22.6 Å².